The normalized spacial score (nSPS) is 39.8. The predicted octanol–water partition coefficient (Wildman–Crippen LogP) is 7.92. The van der Waals surface area contributed by atoms with Crippen molar-refractivity contribution in [2.24, 2.45) is 46.2 Å². The van der Waals surface area contributed by atoms with Gasteiger partial charge < -0.3 is 20.7 Å². The van der Waals surface area contributed by atoms with E-state index >= 15 is 0 Å². The highest BCUT2D eigenvalue weighted by molar-refractivity contribution is 9.09. The summed E-state index contributed by atoms with van der Waals surface area (Å²) < 4.78 is 5.76. The van der Waals surface area contributed by atoms with E-state index < -0.39 is 18.2 Å². The van der Waals surface area contributed by atoms with Crippen molar-refractivity contribution in [3.8, 4) is 0 Å². The van der Waals surface area contributed by atoms with E-state index in [9.17, 15) is 19.8 Å². The highest BCUT2D eigenvalue weighted by Gasteiger charge is 2.65. The molecule has 0 aromatic rings. The van der Waals surface area contributed by atoms with Gasteiger partial charge in [-0.2, -0.15) is 0 Å². The van der Waals surface area contributed by atoms with Crippen molar-refractivity contribution in [3.63, 3.8) is 0 Å². The van der Waals surface area contributed by atoms with E-state index in [1.165, 1.54) is 12.5 Å². The molecule has 10 atom stereocenters. The van der Waals surface area contributed by atoms with Gasteiger partial charge in [-0.05, 0) is 105 Å². The molecule has 4 fully saturated rings. The third-order valence-corrected chi connectivity index (χ3v) is 10.7. The summed E-state index contributed by atoms with van der Waals surface area (Å²) in [5.74, 6) is -0.0577. The van der Waals surface area contributed by atoms with Crippen molar-refractivity contribution in [3.05, 3.63) is 23.3 Å². The van der Waals surface area contributed by atoms with Crippen molar-refractivity contribution in [2.75, 3.05) is 5.33 Å². The number of aliphatic hydroxyl groups is 1. The molecule has 6 nitrogen and oxygen atoms in total. The Morgan fingerprint density at radius 1 is 1.05 bits per heavy atom. The average Bonchev–Trinajstić information content (AvgIpc) is 3.17. The zero-order valence-electron chi connectivity index (χ0n) is 27.6. The van der Waals surface area contributed by atoms with Gasteiger partial charge in [-0.1, -0.05) is 70.0 Å². The van der Waals surface area contributed by atoms with E-state index in [4.69, 9.17) is 10.5 Å². The zero-order chi connectivity index (χ0) is 31.9. The molecule has 0 saturated heterocycles. The lowest BCUT2D eigenvalue weighted by Crippen LogP contribution is -2.61. The van der Waals surface area contributed by atoms with Gasteiger partial charge in [0.15, 0.2) is 0 Å². The fraction of sp³-hybridized carbons (Fsp3) is 0.824. The van der Waals surface area contributed by atoms with Gasteiger partial charge in [-0.3, -0.25) is 4.79 Å². The van der Waals surface area contributed by atoms with Gasteiger partial charge >= 0.3 is 11.9 Å². The number of carboxylic acids is 1. The molecule has 7 heteroatoms. The maximum Gasteiger partial charge on any atom is 0.331 e. The molecule has 41 heavy (non-hydrogen) atoms. The van der Waals surface area contributed by atoms with Gasteiger partial charge in [-0.25, -0.2) is 4.79 Å². The fourth-order valence-corrected chi connectivity index (χ4v) is 9.28. The minimum absolute atomic E-state index is 0.0283. The molecule has 4 N–H and O–H groups in total. The molecule has 0 aromatic carbocycles. The van der Waals surface area contributed by atoms with Gasteiger partial charge in [0.1, 0.15) is 6.10 Å². The summed E-state index contributed by atoms with van der Waals surface area (Å²) in [6.07, 6.45) is 4.63. The molecule has 238 valence electrons. The van der Waals surface area contributed by atoms with Gasteiger partial charge in [-0.15, -0.1) is 6.58 Å². The number of carbonyl (C=O) groups is 2. The minimum Gasteiger partial charge on any atom is -0.478 e. The Morgan fingerprint density at radius 2 is 1.59 bits per heavy atom. The molecule has 0 radical (unpaired) electrons. The Labute approximate surface area is 259 Å². The number of halogens is 1. The highest BCUT2D eigenvalue weighted by atomic mass is 79.9. The number of esters is 1. The number of nitrogens with two attached hydrogens (primary N) is 1. The van der Waals surface area contributed by atoms with Gasteiger partial charge in [0.2, 0.25) is 0 Å². The van der Waals surface area contributed by atoms with E-state index in [0.717, 1.165) is 31.3 Å². The molecule has 0 aromatic heterocycles. The van der Waals surface area contributed by atoms with Gasteiger partial charge in [0, 0.05) is 23.9 Å². The molecule has 0 amide bonds. The summed E-state index contributed by atoms with van der Waals surface area (Å²) in [5, 5.41) is 22.2. The Kier molecular flexibility index (Phi) is 14.8. The summed E-state index contributed by atoms with van der Waals surface area (Å²) in [5.41, 5.74) is 8.53. The first-order chi connectivity index (χ1) is 19.2. The van der Waals surface area contributed by atoms with Gasteiger partial charge in [0.05, 0.1) is 6.10 Å². The third-order valence-electron chi connectivity index (χ3n) is 10.3. The van der Waals surface area contributed by atoms with E-state index in [1.54, 1.807) is 0 Å². The van der Waals surface area contributed by atoms with E-state index in [2.05, 4.69) is 43.3 Å². The first-order valence-corrected chi connectivity index (χ1v) is 17.1. The maximum absolute atomic E-state index is 12.3. The number of aliphatic carboxylic acids is 1. The van der Waals surface area contributed by atoms with Crippen molar-refractivity contribution in [1.29, 1.82) is 0 Å². The summed E-state index contributed by atoms with van der Waals surface area (Å²) in [6.45, 7) is 23.8. The molecule has 7 unspecified atom stereocenters. The molecule has 0 heterocycles. The lowest BCUT2D eigenvalue weighted by atomic mass is 9.41. The van der Waals surface area contributed by atoms with E-state index in [0.29, 0.717) is 42.0 Å². The van der Waals surface area contributed by atoms with Crippen LogP contribution in [0, 0.1) is 40.4 Å². The van der Waals surface area contributed by atoms with E-state index in [-0.39, 0.29) is 40.6 Å². The Morgan fingerprint density at radius 3 is 2.07 bits per heavy atom. The lowest BCUT2D eigenvalue weighted by molar-refractivity contribution is -0.179. The van der Waals surface area contributed by atoms with E-state index in [1.807, 2.05) is 41.5 Å². The number of alkyl halides is 1. The molecule has 4 rings (SSSR count). The van der Waals surface area contributed by atoms with Crippen LogP contribution in [0.4, 0.5) is 0 Å². The fourth-order valence-electron chi connectivity index (χ4n) is 8.88. The van der Waals surface area contributed by atoms with Crippen molar-refractivity contribution >= 4 is 27.9 Å². The first kappa shape index (κ1) is 37.8. The lowest BCUT2D eigenvalue weighted by Gasteiger charge is -2.64. The summed E-state index contributed by atoms with van der Waals surface area (Å²) in [4.78, 5) is 24.3. The zero-order valence-corrected chi connectivity index (χ0v) is 29.1. The number of aliphatic hydroxyl groups excluding tert-OH is 1. The van der Waals surface area contributed by atoms with Crippen LogP contribution < -0.4 is 5.73 Å². The second kappa shape index (κ2) is 16.0. The maximum atomic E-state index is 12.3. The number of allylic oxidation sites excluding steroid dienone is 1. The summed E-state index contributed by atoms with van der Waals surface area (Å²) >= 11 is 3.40. The number of rotatable bonds is 4. The van der Waals surface area contributed by atoms with Crippen LogP contribution in [0.1, 0.15) is 114 Å². The van der Waals surface area contributed by atoms with Crippen LogP contribution in [-0.4, -0.2) is 45.7 Å². The van der Waals surface area contributed by atoms with Crippen LogP contribution in [0.25, 0.3) is 0 Å². The predicted molar refractivity (Wildman–Crippen MR) is 173 cm³/mol. The van der Waals surface area contributed by atoms with Crippen LogP contribution in [0.2, 0.25) is 0 Å². The Hall–Kier alpha value is -1.18. The number of carbonyl (C=O) groups excluding carboxylic acids is 1. The van der Waals surface area contributed by atoms with Crippen LogP contribution in [0.3, 0.4) is 0 Å². The minimum atomic E-state index is -0.951. The second-order valence-electron chi connectivity index (χ2n) is 12.9. The molecule has 0 aliphatic heterocycles. The second-order valence-corrected chi connectivity index (χ2v) is 13.7. The van der Waals surface area contributed by atoms with Crippen LogP contribution >= 0.6 is 15.9 Å². The average molecular weight is 643 g/mol. The largest absolute Gasteiger partial charge is 0.478 e. The number of ether oxygens (including phenoxy) is 1. The Balaban J connectivity index is 0.000000950. The monoisotopic (exact) mass is 641 g/mol. The molecular weight excluding hydrogens is 582 g/mol. The molecule has 4 aliphatic carbocycles. The number of hydrogen-bond acceptors (Lipinski definition) is 5. The topological polar surface area (TPSA) is 110 Å². The third kappa shape index (κ3) is 7.86. The van der Waals surface area contributed by atoms with Crippen LogP contribution in [0.5, 0.6) is 0 Å². The van der Waals surface area contributed by atoms with Crippen molar-refractivity contribution in [1.82, 2.24) is 0 Å². The summed E-state index contributed by atoms with van der Waals surface area (Å²) in [6, 6.07) is 0.223. The molecule has 0 bridgehead atoms. The van der Waals surface area contributed by atoms with Crippen molar-refractivity contribution in [2.45, 2.75) is 132 Å². The van der Waals surface area contributed by atoms with Crippen LogP contribution in [-0.2, 0) is 14.3 Å². The molecule has 4 aliphatic rings. The summed E-state index contributed by atoms with van der Waals surface area (Å²) in [7, 11) is 0. The standard InChI is InChI=1S/C26H40BrNO5.C4H8.2C2H6/c1-13-16-5-6-17-23(25(16,3)9-7-19(13)28)20(30)11-18-22(15(8-10-27)24(31)32)21(33-14(2)29)12-26(17,18)4;1-4(2)3;2*1-2/h13,16-21,23,30H,5-12,28H2,1-4H3,(H,31,32);1H2,2-3H3;2*1-2H3/b22-15-;;;/t13-,16?,17?,18?,19+,20+,21?,23?,25?,26?;;;/m0.../s1. The Bertz CT molecular complexity index is 930. The number of fused-ring (bicyclic) bond motifs is 5. The highest BCUT2D eigenvalue weighted by Crippen LogP contribution is 2.69. The van der Waals surface area contributed by atoms with Crippen LogP contribution in [0.15, 0.2) is 23.3 Å². The smallest absolute Gasteiger partial charge is 0.331 e. The van der Waals surface area contributed by atoms with Gasteiger partial charge in [0.25, 0.3) is 0 Å². The first-order valence-electron chi connectivity index (χ1n) is 15.9. The SMILES string of the molecule is C=C(C)C.CC.CC.CC(=O)OC1CC2(C)C(C[C@@H](O)C3C2CCC2[C@H](C)[C@H](N)CCC32C)/C1=C(\CCBr)C(=O)O. The van der Waals surface area contributed by atoms with Crippen molar-refractivity contribution < 1.29 is 24.5 Å². The molecule has 0 spiro atoms. The number of carboxylic acid groups (broad SMARTS) is 1. The molecule has 4 saturated carbocycles. The number of hydrogen-bond donors (Lipinski definition) is 3. The quantitative estimate of drug-likeness (QED) is 0.124. The molecular formula is C34H60BrNO5.